The third kappa shape index (κ3) is 4.47. The van der Waals surface area contributed by atoms with Crippen molar-refractivity contribution in [1.29, 1.82) is 0 Å². The van der Waals surface area contributed by atoms with Crippen molar-refractivity contribution in [2.75, 3.05) is 5.32 Å². The van der Waals surface area contributed by atoms with Gasteiger partial charge in [0, 0.05) is 11.8 Å². The zero-order valence-corrected chi connectivity index (χ0v) is 13.5. The van der Waals surface area contributed by atoms with Crippen LogP contribution in [0.4, 0.5) is 17.1 Å². The van der Waals surface area contributed by atoms with Crippen LogP contribution in [0.5, 0.6) is 0 Å². The number of benzene rings is 2. The number of thiocarbonyl (C=S) groups is 1. The van der Waals surface area contributed by atoms with Gasteiger partial charge in [-0.05, 0) is 25.1 Å². The molecule has 0 unspecified atom stereocenters. The second-order valence-electron chi connectivity index (χ2n) is 4.55. The molecule has 0 spiro atoms. The second-order valence-corrected chi connectivity index (χ2v) is 6.27. The van der Waals surface area contributed by atoms with Crippen molar-refractivity contribution in [3.8, 4) is 0 Å². The molecule has 0 saturated carbocycles. The molecule has 0 amide bonds. The van der Waals surface area contributed by atoms with Crippen LogP contribution in [-0.4, -0.2) is 14.2 Å². The van der Waals surface area contributed by atoms with Crippen LogP contribution < -0.4 is 5.32 Å². The number of nitrogens with one attached hydrogen (secondary N) is 1. The van der Waals surface area contributed by atoms with Gasteiger partial charge in [0.15, 0.2) is 0 Å². The van der Waals surface area contributed by atoms with Crippen molar-refractivity contribution in [3.63, 3.8) is 0 Å². The van der Waals surface area contributed by atoms with E-state index in [1.807, 2.05) is 31.2 Å². The second kappa shape index (κ2) is 7.16. The molecule has 2 rings (SSSR count). The predicted octanol–water partition coefficient (Wildman–Crippen LogP) is 4.30. The van der Waals surface area contributed by atoms with E-state index < -0.39 is 9.85 Å². The summed E-state index contributed by atoms with van der Waals surface area (Å²) in [6, 6.07) is 11.0. The van der Waals surface area contributed by atoms with Gasteiger partial charge < -0.3 is 5.32 Å². The number of aryl methyl sites for hydroxylation is 1. The summed E-state index contributed by atoms with van der Waals surface area (Å²) in [5, 5.41) is 24.8. The van der Waals surface area contributed by atoms with Crippen molar-refractivity contribution in [1.82, 2.24) is 0 Å². The SMILES string of the molecule is Cc1ccc(NC(=S)Sc2ccc([N+](=O)[O-])cc2[N+](=O)[O-])cc1. The van der Waals surface area contributed by atoms with E-state index in [0.29, 0.717) is 4.32 Å². The van der Waals surface area contributed by atoms with Crippen molar-refractivity contribution < 1.29 is 9.85 Å². The monoisotopic (exact) mass is 349 g/mol. The molecule has 2 aromatic carbocycles. The number of non-ortho nitro benzene ring substituents is 1. The number of hydrogen-bond donors (Lipinski definition) is 1. The molecule has 0 fully saturated rings. The summed E-state index contributed by atoms with van der Waals surface area (Å²) in [5.74, 6) is 0. The lowest BCUT2D eigenvalue weighted by Crippen LogP contribution is -2.05. The molecule has 1 N–H and O–H groups in total. The van der Waals surface area contributed by atoms with Gasteiger partial charge >= 0.3 is 0 Å². The van der Waals surface area contributed by atoms with Gasteiger partial charge in [-0.15, -0.1) is 0 Å². The quantitative estimate of drug-likeness (QED) is 0.380. The van der Waals surface area contributed by atoms with E-state index >= 15 is 0 Å². The smallest absolute Gasteiger partial charge is 0.290 e. The summed E-state index contributed by atoms with van der Waals surface area (Å²) in [6.45, 7) is 1.96. The molecule has 0 aliphatic carbocycles. The maximum Gasteiger partial charge on any atom is 0.290 e. The lowest BCUT2D eigenvalue weighted by Gasteiger charge is -2.08. The van der Waals surface area contributed by atoms with Gasteiger partial charge in [0.2, 0.25) is 0 Å². The van der Waals surface area contributed by atoms with E-state index in [4.69, 9.17) is 12.2 Å². The molecule has 0 saturated heterocycles. The summed E-state index contributed by atoms with van der Waals surface area (Å²) in [4.78, 5) is 20.7. The van der Waals surface area contributed by atoms with E-state index in [1.54, 1.807) is 0 Å². The fourth-order valence-electron chi connectivity index (χ4n) is 1.73. The average Bonchev–Trinajstić information content (AvgIpc) is 2.49. The van der Waals surface area contributed by atoms with Gasteiger partial charge in [0.05, 0.1) is 20.8 Å². The number of hydrogen-bond acceptors (Lipinski definition) is 6. The highest BCUT2D eigenvalue weighted by atomic mass is 32.2. The van der Waals surface area contributed by atoms with E-state index in [-0.39, 0.29) is 16.3 Å². The lowest BCUT2D eigenvalue weighted by molar-refractivity contribution is -0.396. The highest BCUT2D eigenvalue weighted by Crippen LogP contribution is 2.33. The van der Waals surface area contributed by atoms with E-state index in [0.717, 1.165) is 29.1 Å². The van der Waals surface area contributed by atoms with Gasteiger partial charge in [-0.2, -0.15) is 0 Å². The van der Waals surface area contributed by atoms with Crippen LogP contribution >= 0.6 is 24.0 Å². The Morgan fingerprint density at radius 1 is 1.09 bits per heavy atom. The van der Waals surface area contributed by atoms with Crippen molar-refractivity contribution >= 4 is 45.4 Å². The van der Waals surface area contributed by atoms with Gasteiger partial charge in [-0.3, -0.25) is 20.2 Å². The van der Waals surface area contributed by atoms with Crippen LogP contribution in [0.25, 0.3) is 0 Å². The number of anilines is 1. The van der Waals surface area contributed by atoms with Gasteiger partial charge in [0.1, 0.15) is 4.32 Å². The lowest BCUT2D eigenvalue weighted by atomic mass is 10.2. The molecule has 0 aliphatic rings. The summed E-state index contributed by atoms with van der Waals surface area (Å²) >= 11 is 6.15. The molecule has 9 heteroatoms. The maximum atomic E-state index is 11.1. The fourth-order valence-corrected chi connectivity index (χ4v) is 2.86. The largest absolute Gasteiger partial charge is 0.341 e. The first kappa shape index (κ1) is 16.8. The molecule has 0 aromatic heterocycles. The molecule has 2 aromatic rings. The normalized spacial score (nSPS) is 10.1. The molecular weight excluding hydrogens is 338 g/mol. The molecule has 118 valence electrons. The Balaban J connectivity index is 2.18. The highest BCUT2D eigenvalue weighted by Gasteiger charge is 2.20. The Morgan fingerprint density at radius 3 is 2.30 bits per heavy atom. The molecular formula is C14H11N3O4S2. The first-order valence-corrected chi connectivity index (χ1v) is 7.57. The summed E-state index contributed by atoms with van der Waals surface area (Å²) in [7, 11) is 0. The number of nitrogens with zero attached hydrogens (tertiary/aromatic N) is 2. The van der Waals surface area contributed by atoms with E-state index in [9.17, 15) is 20.2 Å². The molecule has 0 heterocycles. The molecule has 0 atom stereocenters. The number of thioether (sulfide) groups is 1. The number of nitro groups is 2. The average molecular weight is 349 g/mol. The Morgan fingerprint density at radius 2 is 1.74 bits per heavy atom. The van der Waals surface area contributed by atoms with Crippen LogP contribution in [0.15, 0.2) is 47.4 Å². The maximum absolute atomic E-state index is 11.1. The van der Waals surface area contributed by atoms with Gasteiger partial charge in [0.25, 0.3) is 11.4 Å². The minimum absolute atomic E-state index is 0.241. The topological polar surface area (TPSA) is 98.3 Å². The zero-order valence-electron chi connectivity index (χ0n) is 11.9. The molecule has 23 heavy (non-hydrogen) atoms. The van der Waals surface area contributed by atoms with Gasteiger partial charge in [-0.1, -0.05) is 41.7 Å². The first-order valence-electron chi connectivity index (χ1n) is 6.35. The minimum atomic E-state index is -0.676. The van der Waals surface area contributed by atoms with Crippen LogP contribution in [0.3, 0.4) is 0 Å². The third-order valence-electron chi connectivity index (χ3n) is 2.85. The first-order chi connectivity index (χ1) is 10.9. The third-order valence-corrected chi connectivity index (χ3v) is 4.06. The predicted molar refractivity (Wildman–Crippen MR) is 93.0 cm³/mol. The van der Waals surface area contributed by atoms with Crippen molar-refractivity contribution in [2.24, 2.45) is 0 Å². The molecule has 7 nitrogen and oxygen atoms in total. The van der Waals surface area contributed by atoms with Gasteiger partial charge in [-0.25, -0.2) is 0 Å². The summed E-state index contributed by atoms with van der Waals surface area (Å²) < 4.78 is 0.311. The number of rotatable bonds is 4. The summed E-state index contributed by atoms with van der Waals surface area (Å²) in [6.07, 6.45) is 0. The Bertz CT molecular complexity index is 778. The Kier molecular flexibility index (Phi) is 5.24. The van der Waals surface area contributed by atoms with Crippen molar-refractivity contribution in [2.45, 2.75) is 11.8 Å². The Labute approximate surface area is 141 Å². The van der Waals surface area contributed by atoms with E-state index in [2.05, 4.69) is 5.32 Å². The van der Waals surface area contributed by atoms with Crippen LogP contribution in [0, 0.1) is 27.2 Å². The zero-order chi connectivity index (χ0) is 17.0. The van der Waals surface area contributed by atoms with Crippen LogP contribution in [0.2, 0.25) is 0 Å². The fraction of sp³-hybridized carbons (Fsp3) is 0.0714. The Hall–Kier alpha value is -2.52. The van der Waals surface area contributed by atoms with Crippen molar-refractivity contribution in [3.05, 3.63) is 68.3 Å². The summed E-state index contributed by atoms with van der Waals surface area (Å²) in [5.41, 5.74) is 1.17. The number of nitro benzene ring substituents is 2. The van der Waals surface area contributed by atoms with E-state index in [1.165, 1.54) is 12.1 Å². The molecule has 0 aliphatic heterocycles. The minimum Gasteiger partial charge on any atom is -0.341 e. The van der Waals surface area contributed by atoms with Crippen LogP contribution in [0.1, 0.15) is 5.56 Å². The standard InChI is InChI=1S/C14H11N3O4S2/c1-9-2-4-10(5-3-9)15-14(22)23-13-7-6-11(16(18)19)8-12(13)17(20)21/h2-8H,1H3,(H,15,22). The van der Waals surface area contributed by atoms with Crippen LogP contribution in [-0.2, 0) is 0 Å². The highest BCUT2D eigenvalue weighted by molar-refractivity contribution is 8.23. The molecule has 0 radical (unpaired) electrons. The molecule has 0 bridgehead atoms.